The third-order valence-corrected chi connectivity index (χ3v) is 2.31. The van der Waals surface area contributed by atoms with Crippen molar-refractivity contribution in [3.8, 4) is 0 Å². The fourth-order valence-corrected chi connectivity index (χ4v) is 1.28. The Hall–Kier alpha value is -1.59. The summed E-state index contributed by atoms with van der Waals surface area (Å²) in [5.74, 6) is -0.199. The number of benzene rings is 1. The van der Waals surface area contributed by atoms with Gasteiger partial charge in [0.2, 0.25) is 5.91 Å². The first kappa shape index (κ1) is 13.5. The fourth-order valence-electron chi connectivity index (χ4n) is 1.28. The molecule has 0 fully saturated rings. The minimum absolute atomic E-state index is 0.0115. The zero-order valence-corrected chi connectivity index (χ0v) is 10.2. The van der Waals surface area contributed by atoms with Crippen LogP contribution in [0.4, 0.5) is 11.4 Å². The number of rotatable bonds is 6. The van der Waals surface area contributed by atoms with Gasteiger partial charge in [-0.25, -0.2) is 0 Å². The van der Waals surface area contributed by atoms with E-state index in [0.717, 1.165) is 5.56 Å². The number of nitrogens with one attached hydrogen (secondary N) is 1. The van der Waals surface area contributed by atoms with Gasteiger partial charge in [0.1, 0.15) is 6.61 Å². The Bertz CT molecular complexity index is 380. The smallest absolute Gasteiger partial charge is 0.250 e. The molecular weight excluding hydrogens is 220 g/mol. The Morgan fingerprint density at radius 3 is 2.88 bits per heavy atom. The summed E-state index contributed by atoms with van der Waals surface area (Å²) in [5, 5.41) is 2.74. The Labute approximate surface area is 101 Å². The lowest BCUT2D eigenvalue weighted by molar-refractivity contribution is -0.121. The van der Waals surface area contributed by atoms with E-state index in [1.54, 1.807) is 25.3 Å². The van der Waals surface area contributed by atoms with Crippen molar-refractivity contribution in [2.75, 3.05) is 38.0 Å². The Morgan fingerprint density at radius 2 is 2.18 bits per heavy atom. The molecule has 5 heteroatoms. The van der Waals surface area contributed by atoms with Crippen molar-refractivity contribution < 1.29 is 14.3 Å². The average Bonchev–Trinajstić information content (AvgIpc) is 2.31. The van der Waals surface area contributed by atoms with E-state index in [4.69, 9.17) is 15.2 Å². The van der Waals surface area contributed by atoms with Gasteiger partial charge in [-0.1, -0.05) is 6.07 Å². The van der Waals surface area contributed by atoms with E-state index in [9.17, 15) is 4.79 Å². The van der Waals surface area contributed by atoms with Crippen LogP contribution in [0, 0.1) is 6.92 Å². The number of ether oxygens (including phenoxy) is 2. The molecule has 0 aromatic heterocycles. The molecule has 0 spiro atoms. The summed E-state index contributed by atoms with van der Waals surface area (Å²) < 4.78 is 9.91. The van der Waals surface area contributed by atoms with Crippen LogP contribution in [-0.2, 0) is 14.3 Å². The van der Waals surface area contributed by atoms with Crippen LogP contribution in [0.3, 0.4) is 0 Å². The van der Waals surface area contributed by atoms with Crippen molar-refractivity contribution in [3.63, 3.8) is 0 Å². The zero-order valence-electron chi connectivity index (χ0n) is 10.2. The molecule has 5 nitrogen and oxygen atoms in total. The van der Waals surface area contributed by atoms with Gasteiger partial charge in [0.25, 0.3) is 0 Å². The Morgan fingerprint density at radius 1 is 1.41 bits per heavy atom. The van der Waals surface area contributed by atoms with Crippen LogP contribution in [-0.4, -0.2) is 32.8 Å². The summed E-state index contributed by atoms with van der Waals surface area (Å²) in [5.41, 5.74) is 7.96. The highest BCUT2D eigenvalue weighted by Gasteiger charge is 2.06. The molecule has 1 aromatic carbocycles. The fraction of sp³-hybridized carbons (Fsp3) is 0.417. The second kappa shape index (κ2) is 6.88. The number of amides is 1. The molecule has 0 atom stereocenters. The monoisotopic (exact) mass is 238 g/mol. The number of nitrogen functional groups attached to an aromatic ring is 1. The van der Waals surface area contributed by atoms with Crippen molar-refractivity contribution in [3.05, 3.63) is 23.8 Å². The minimum Gasteiger partial charge on any atom is -0.398 e. The summed E-state index contributed by atoms with van der Waals surface area (Å²) in [6.07, 6.45) is 0. The van der Waals surface area contributed by atoms with E-state index in [1.807, 2.05) is 6.92 Å². The van der Waals surface area contributed by atoms with Crippen LogP contribution in [0.1, 0.15) is 5.56 Å². The van der Waals surface area contributed by atoms with Crippen molar-refractivity contribution in [1.29, 1.82) is 0 Å². The molecule has 1 amide bonds. The first-order valence-electron chi connectivity index (χ1n) is 5.36. The Balaban J connectivity index is 2.43. The van der Waals surface area contributed by atoms with Gasteiger partial charge in [-0.05, 0) is 24.6 Å². The van der Waals surface area contributed by atoms with Crippen molar-refractivity contribution >= 4 is 17.3 Å². The molecule has 0 saturated carbocycles. The first-order chi connectivity index (χ1) is 8.15. The minimum atomic E-state index is -0.199. The van der Waals surface area contributed by atoms with Gasteiger partial charge >= 0.3 is 0 Å². The summed E-state index contributed by atoms with van der Waals surface area (Å²) in [4.78, 5) is 11.5. The van der Waals surface area contributed by atoms with Crippen molar-refractivity contribution in [2.24, 2.45) is 0 Å². The highest BCUT2D eigenvalue weighted by molar-refractivity contribution is 5.93. The molecule has 0 aliphatic rings. The van der Waals surface area contributed by atoms with Gasteiger partial charge in [-0.3, -0.25) is 4.79 Å². The number of anilines is 2. The van der Waals surface area contributed by atoms with Crippen LogP contribution >= 0.6 is 0 Å². The van der Waals surface area contributed by atoms with Crippen LogP contribution in [0.25, 0.3) is 0 Å². The molecule has 0 heterocycles. The number of methoxy groups -OCH3 is 1. The standard InChI is InChI=1S/C12H18N2O3/c1-9-10(13)4-3-5-11(9)14-12(15)8-17-7-6-16-2/h3-5H,6-8,13H2,1-2H3,(H,14,15). The van der Waals surface area contributed by atoms with Gasteiger partial charge in [0, 0.05) is 18.5 Å². The third-order valence-electron chi connectivity index (χ3n) is 2.31. The summed E-state index contributed by atoms with van der Waals surface area (Å²) in [6.45, 7) is 2.75. The van der Waals surface area contributed by atoms with E-state index in [2.05, 4.69) is 5.32 Å². The van der Waals surface area contributed by atoms with Gasteiger partial charge in [-0.2, -0.15) is 0 Å². The van der Waals surface area contributed by atoms with E-state index in [-0.39, 0.29) is 12.5 Å². The van der Waals surface area contributed by atoms with Gasteiger partial charge in [0.05, 0.1) is 13.2 Å². The highest BCUT2D eigenvalue weighted by atomic mass is 16.5. The van der Waals surface area contributed by atoms with Crippen LogP contribution in [0.2, 0.25) is 0 Å². The van der Waals surface area contributed by atoms with Crippen LogP contribution < -0.4 is 11.1 Å². The lowest BCUT2D eigenvalue weighted by Crippen LogP contribution is -2.20. The van der Waals surface area contributed by atoms with Crippen molar-refractivity contribution in [2.45, 2.75) is 6.92 Å². The zero-order chi connectivity index (χ0) is 12.7. The van der Waals surface area contributed by atoms with Gasteiger partial charge in [-0.15, -0.1) is 0 Å². The van der Waals surface area contributed by atoms with E-state index in [1.165, 1.54) is 0 Å². The van der Waals surface area contributed by atoms with Crippen LogP contribution in [0.5, 0.6) is 0 Å². The van der Waals surface area contributed by atoms with E-state index >= 15 is 0 Å². The summed E-state index contributed by atoms with van der Waals surface area (Å²) in [6, 6.07) is 5.39. The maximum absolute atomic E-state index is 11.5. The molecule has 0 aliphatic carbocycles. The molecule has 0 saturated heterocycles. The third kappa shape index (κ3) is 4.42. The molecule has 1 aromatic rings. The number of hydrogen-bond acceptors (Lipinski definition) is 4. The first-order valence-corrected chi connectivity index (χ1v) is 5.36. The molecule has 0 aliphatic heterocycles. The van der Waals surface area contributed by atoms with Gasteiger partial charge < -0.3 is 20.5 Å². The highest BCUT2D eigenvalue weighted by Crippen LogP contribution is 2.20. The summed E-state index contributed by atoms with van der Waals surface area (Å²) >= 11 is 0. The van der Waals surface area contributed by atoms with Crippen molar-refractivity contribution in [1.82, 2.24) is 0 Å². The van der Waals surface area contributed by atoms with E-state index in [0.29, 0.717) is 24.6 Å². The van der Waals surface area contributed by atoms with Crippen LogP contribution in [0.15, 0.2) is 18.2 Å². The average molecular weight is 238 g/mol. The molecular formula is C12H18N2O3. The number of nitrogens with two attached hydrogens (primary N) is 1. The van der Waals surface area contributed by atoms with E-state index < -0.39 is 0 Å². The second-order valence-electron chi connectivity index (χ2n) is 3.61. The molecule has 0 radical (unpaired) electrons. The molecule has 1 rings (SSSR count). The molecule has 0 bridgehead atoms. The SMILES string of the molecule is COCCOCC(=O)Nc1cccc(N)c1C. The topological polar surface area (TPSA) is 73.6 Å². The maximum atomic E-state index is 11.5. The quantitative estimate of drug-likeness (QED) is 0.576. The molecule has 0 unspecified atom stereocenters. The largest absolute Gasteiger partial charge is 0.398 e. The number of hydrogen-bond donors (Lipinski definition) is 2. The molecule has 17 heavy (non-hydrogen) atoms. The van der Waals surface area contributed by atoms with Gasteiger partial charge in [0.15, 0.2) is 0 Å². The lowest BCUT2D eigenvalue weighted by Gasteiger charge is -2.10. The normalized spacial score (nSPS) is 10.2. The second-order valence-corrected chi connectivity index (χ2v) is 3.61. The predicted molar refractivity (Wildman–Crippen MR) is 66.9 cm³/mol. The number of carbonyl (C=O) groups is 1. The molecule has 94 valence electrons. The molecule has 3 N–H and O–H groups in total. The summed E-state index contributed by atoms with van der Waals surface area (Å²) in [7, 11) is 1.58. The number of carbonyl (C=O) groups excluding carboxylic acids is 1. The predicted octanol–water partition coefficient (Wildman–Crippen LogP) is 1.18. The maximum Gasteiger partial charge on any atom is 0.250 e. The lowest BCUT2D eigenvalue weighted by atomic mass is 10.1. The Kier molecular flexibility index (Phi) is 5.45.